The minimum atomic E-state index is -0.437. The lowest BCUT2D eigenvalue weighted by atomic mass is 9.84. The van der Waals surface area contributed by atoms with Crippen molar-refractivity contribution in [3.63, 3.8) is 0 Å². The fourth-order valence-electron chi connectivity index (χ4n) is 4.88. The van der Waals surface area contributed by atoms with Crippen LogP contribution in [0, 0.1) is 0 Å². The van der Waals surface area contributed by atoms with Crippen molar-refractivity contribution in [2.45, 2.75) is 30.8 Å². The number of nitrogens with zero attached hydrogens (tertiary/aromatic N) is 4. The van der Waals surface area contributed by atoms with Crippen LogP contribution in [0.5, 0.6) is 0 Å². The second kappa shape index (κ2) is 7.57. The molecule has 2 fully saturated rings. The Kier molecular flexibility index (Phi) is 4.75. The summed E-state index contributed by atoms with van der Waals surface area (Å²) in [6.45, 7) is 1.80. The van der Waals surface area contributed by atoms with Crippen molar-refractivity contribution >= 4 is 17.3 Å². The monoisotopic (exact) mass is 403 g/mol. The van der Waals surface area contributed by atoms with Gasteiger partial charge in [-0.15, -0.1) is 0 Å². The maximum atomic E-state index is 13.4. The van der Waals surface area contributed by atoms with Gasteiger partial charge >= 0.3 is 0 Å². The highest BCUT2D eigenvalue weighted by molar-refractivity contribution is 6.00. The molecule has 0 bridgehead atoms. The molecule has 0 spiro atoms. The number of aromatic nitrogens is 2. The Morgan fingerprint density at radius 3 is 2.67 bits per heavy atom. The molecule has 1 aromatic carbocycles. The summed E-state index contributed by atoms with van der Waals surface area (Å²) in [5, 5.41) is 0. The quantitative estimate of drug-likeness (QED) is 0.724. The number of imidazole rings is 1. The average Bonchev–Trinajstić information content (AvgIpc) is 3.40. The molecule has 3 aromatic rings. The molecular weight excluding hydrogens is 378 g/mol. The minimum absolute atomic E-state index is 0.00637. The maximum absolute atomic E-state index is 13.4. The average molecular weight is 403 g/mol. The second-order valence-electron chi connectivity index (χ2n) is 8.16. The van der Waals surface area contributed by atoms with Crippen LogP contribution in [-0.2, 0) is 4.79 Å². The molecule has 5 rings (SSSR count). The van der Waals surface area contributed by atoms with Gasteiger partial charge in [-0.2, -0.15) is 0 Å². The lowest BCUT2D eigenvalue weighted by molar-refractivity contribution is -0.132. The van der Waals surface area contributed by atoms with Crippen molar-refractivity contribution in [3.8, 4) is 0 Å². The van der Waals surface area contributed by atoms with Gasteiger partial charge in [0.05, 0.1) is 35.7 Å². The lowest BCUT2D eigenvalue weighted by Gasteiger charge is -2.43. The Morgan fingerprint density at radius 1 is 1.07 bits per heavy atom. The number of hydrogen-bond acceptors (Lipinski definition) is 4. The van der Waals surface area contributed by atoms with Gasteiger partial charge in [-0.05, 0) is 30.5 Å². The predicted octanol–water partition coefficient (Wildman–Crippen LogP) is 1.89. The molecule has 2 aliphatic rings. The number of rotatable bonds is 3. The van der Waals surface area contributed by atoms with Gasteiger partial charge in [0.2, 0.25) is 5.91 Å². The smallest absolute Gasteiger partial charge is 0.256 e. The van der Waals surface area contributed by atoms with E-state index in [0.717, 1.165) is 11.9 Å². The Morgan fingerprint density at radius 2 is 1.90 bits per heavy atom. The van der Waals surface area contributed by atoms with E-state index in [1.54, 1.807) is 12.5 Å². The molecule has 1 unspecified atom stereocenters. The largest absolute Gasteiger partial charge is 0.336 e. The van der Waals surface area contributed by atoms with Gasteiger partial charge in [0.25, 0.3) is 5.91 Å². The number of likely N-dealkylation sites (tertiary alicyclic amines) is 2. The van der Waals surface area contributed by atoms with E-state index in [1.165, 1.54) is 5.56 Å². The SMILES string of the molecule is NC1CCN([C@@H]2CN(C(=O)c3cccn4cncc34)CC[C@H]2c2ccccc2)C1=O. The molecule has 0 radical (unpaired) electrons. The maximum Gasteiger partial charge on any atom is 0.256 e. The Bertz CT molecular complexity index is 1080. The molecule has 4 heterocycles. The summed E-state index contributed by atoms with van der Waals surface area (Å²) in [4.78, 5) is 34.1. The molecule has 2 aliphatic heterocycles. The Balaban J connectivity index is 1.46. The first kappa shape index (κ1) is 18.8. The van der Waals surface area contributed by atoms with E-state index >= 15 is 0 Å². The van der Waals surface area contributed by atoms with Crippen LogP contribution in [0.25, 0.3) is 5.52 Å². The summed E-state index contributed by atoms with van der Waals surface area (Å²) < 4.78 is 1.85. The van der Waals surface area contributed by atoms with Crippen LogP contribution in [0.2, 0.25) is 0 Å². The van der Waals surface area contributed by atoms with E-state index in [4.69, 9.17) is 5.73 Å². The Labute approximate surface area is 175 Å². The number of hydrogen-bond donors (Lipinski definition) is 1. The van der Waals surface area contributed by atoms with Crippen molar-refractivity contribution in [2.75, 3.05) is 19.6 Å². The normalized spacial score (nSPS) is 24.6. The first-order valence-corrected chi connectivity index (χ1v) is 10.4. The molecule has 30 heavy (non-hydrogen) atoms. The summed E-state index contributed by atoms with van der Waals surface area (Å²) in [5.41, 5.74) is 8.65. The van der Waals surface area contributed by atoms with Gasteiger partial charge in [-0.1, -0.05) is 30.3 Å². The van der Waals surface area contributed by atoms with Gasteiger partial charge in [0.15, 0.2) is 0 Å². The van der Waals surface area contributed by atoms with Gasteiger partial charge in [0.1, 0.15) is 0 Å². The second-order valence-corrected chi connectivity index (χ2v) is 8.16. The highest BCUT2D eigenvalue weighted by Crippen LogP contribution is 2.34. The van der Waals surface area contributed by atoms with E-state index in [9.17, 15) is 9.59 Å². The number of pyridine rings is 1. The molecule has 2 N–H and O–H groups in total. The molecule has 3 atom stereocenters. The molecule has 154 valence electrons. The van der Waals surface area contributed by atoms with E-state index < -0.39 is 6.04 Å². The van der Waals surface area contributed by atoms with Gasteiger partial charge in [-0.25, -0.2) is 4.98 Å². The van der Waals surface area contributed by atoms with E-state index in [1.807, 2.05) is 50.7 Å². The predicted molar refractivity (Wildman–Crippen MR) is 113 cm³/mol. The summed E-state index contributed by atoms with van der Waals surface area (Å²) in [6.07, 6.45) is 6.76. The number of piperidine rings is 1. The van der Waals surface area contributed by atoms with Gasteiger partial charge in [-0.3, -0.25) is 9.59 Å². The number of nitrogens with two attached hydrogens (primary N) is 1. The van der Waals surface area contributed by atoms with Crippen LogP contribution in [-0.4, -0.2) is 62.7 Å². The first-order chi connectivity index (χ1) is 14.6. The number of carbonyl (C=O) groups excluding carboxylic acids is 2. The summed E-state index contributed by atoms with van der Waals surface area (Å²) in [7, 11) is 0. The molecule has 2 amide bonds. The van der Waals surface area contributed by atoms with E-state index in [-0.39, 0.29) is 23.8 Å². The van der Waals surface area contributed by atoms with Crippen LogP contribution < -0.4 is 5.73 Å². The fourth-order valence-corrected chi connectivity index (χ4v) is 4.88. The van der Waals surface area contributed by atoms with Gasteiger partial charge in [0, 0.05) is 31.7 Å². The lowest BCUT2D eigenvalue weighted by Crippen LogP contribution is -2.54. The van der Waals surface area contributed by atoms with Crippen LogP contribution in [0.1, 0.15) is 34.7 Å². The van der Waals surface area contributed by atoms with E-state index in [0.29, 0.717) is 31.6 Å². The van der Waals surface area contributed by atoms with Crippen molar-refractivity contribution in [3.05, 3.63) is 72.3 Å². The Hall–Kier alpha value is -3.19. The van der Waals surface area contributed by atoms with Crippen LogP contribution in [0.3, 0.4) is 0 Å². The third kappa shape index (κ3) is 3.15. The molecule has 2 aromatic heterocycles. The van der Waals surface area contributed by atoms with Crippen molar-refractivity contribution < 1.29 is 9.59 Å². The van der Waals surface area contributed by atoms with Gasteiger partial charge < -0.3 is 19.9 Å². The topological polar surface area (TPSA) is 83.9 Å². The number of carbonyl (C=O) groups is 2. The zero-order chi connectivity index (χ0) is 20.7. The highest BCUT2D eigenvalue weighted by Gasteiger charge is 2.42. The summed E-state index contributed by atoms with van der Waals surface area (Å²) in [5.74, 6) is 0.164. The van der Waals surface area contributed by atoms with E-state index in [2.05, 4.69) is 17.1 Å². The van der Waals surface area contributed by atoms with Crippen molar-refractivity contribution in [1.29, 1.82) is 0 Å². The fraction of sp³-hybridized carbons (Fsp3) is 0.348. The highest BCUT2D eigenvalue weighted by atomic mass is 16.2. The standard InChI is InChI=1S/C23H25N5O2/c24-19-9-12-28(23(19)30)21-14-26(11-8-17(21)16-5-2-1-3-6-16)22(29)18-7-4-10-27-15-25-13-20(18)27/h1-7,10,13,15,17,19,21H,8-9,11-12,14,24H2/t17-,19?,21+/m0/s1. The van der Waals surface area contributed by atoms with Crippen LogP contribution >= 0.6 is 0 Å². The third-order valence-corrected chi connectivity index (χ3v) is 6.46. The summed E-state index contributed by atoms with van der Waals surface area (Å²) >= 11 is 0. The molecule has 2 saturated heterocycles. The molecule has 0 saturated carbocycles. The van der Waals surface area contributed by atoms with Crippen LogP contribution in [0.15, 0.2) is 61.2 Å². The zero-order valence-electron chi connectivity index (χ0n) is 16.7. The molecule has 7 nitrogen and oxygen atoms in total. The van der Waals surface area contributed by atoms with Crippen molar-refractivity contribution in [2.24, 2.45) is 5.73 Å². The van der Waals surface area contributed by atoms with Crippen molar-refractivity contribution in [1.82, 2.24) is 19.2 Å². The number of fused-ring (bicyclic) bond motifs is 1. The molecule has 7 heteroatoms. The molecule has 0 aliphatic carbocycles. The first-order valence-electron chi connectivity index (χ1n) is 10.4. The zero-order valence-corrected chi connectivity index (χ0v) is 16.7. The minimum Gasteiger partial charge on any atom is -0.336 e. The number of amides is 2. The summed E-state index contributed by atoms with van der Waals surface area (Å²) in [6, 6.07) is 13.5. The van der Waals surface area contributed by atoms with Crippen LogP contribution in [0.4, 0.5) is 0 Å². The number of benzene rings is 1. The third-order valence-electron chi connectivity index (χ3n) is 6.46. The molecular formula is C23H25N5O2.